The van der Waals surface area contributed by atoms with Crippen LogP contribution in [-0.4, -0.2) is 37.6 Å². The first-order chi connectivity index (χ1) is 13.4. The van der Waals surface area contributed by atoms with Gasteiger partial charge in [-0.05, 0) is 34.3 Å². The minimum Gasteiger partial charge on any atom is -0.540 e. The number of carbonyl (C=O) groups is 2. The van der Waals surface area contributed by atoms with Gasteiger partial charge in [0.1, 0.15) is 5.75 Å². The molecule has 1 aromatic carbocycles. The Morgan fingerprint density at radius 2 is 1.41 bits per heavy atom. The van der Waals surface area contributed by atoms with E-state index in [1.54, 1.807) is 7.11 Å². The highest BCUT2D eigenvalue weighted by Crippen LogP contribution is 2.44. The van der Waals surface area contributed by atoms with Gasteiger partial charge in [-0.15, -0.1) is 0 Å². The zero-order valence-electron chi connectivity index (χ0n) is 18.4. The highest BCUT2D eigenvalue weighted by molar-refractivity contribution is 6.78. The SMILES string of the molecule is COc1cc(CN)ccc1O[Si](C(C)C)(C(C)C)C(C)C.O=C(O)/C=C\C(=O)O. The lowest BCUT2D eigenvalue weighted by Crippen LogP contribution is -2.50. The van der Waals surface area contributed by atoms with Gasteiger partial charge in [-0.25, -0.2) is 9.59 Å². The largest absolute Gasteiger partial charge is 0.540 e. The molecule has 0 radical (unpaired) electrons. The van der Waals surface area contributed by atoms with E-state index >= 15 is 0 Å². The standard InChI is InChI=1S/C17H31NO2Si.C4H4O4/c1-12(2)21(13(3)4,14(5)6)20-16-9-8-15(11-18)10-17(16)19-7;5-3(6)1-2-4(7)8/h8-10,12-14H,11,18H2,1-7H3;1-2H,(H,5,6)(H,7,8)/b;2-1-. The van der Waals surface area contributed by atoms with E-state index in [-0.39, 0.29) is 0 Å². The van der Waals surface area contributed by atoms with Crippen LogP contribution in [-0.2, 0) is 16.1 Å². The third kappa shape index (κ3) is 7.90. The van der Waals surface area contributed by atoms with Gasteiger partial charge in [-0.1, -0.05) is 47.6 Å². The summed E-state index contributed by atoms with van der Waals surface area (Å²) in [6, 6.07) is 6.02. The van der Waals surface area contributed by atoms with Crippen LogP contribution in [0.1, 0.15) is 47.1 Å². The summed E-state index contributed by atoms with van der Waals surface area (Å²) in [4.78, 5) is 19.1. The summed E-state index contributed by atoms with van der Waals surface area (Å²) >= 11 is 0. The molecule has 1 aromatic rings. The van der Waals surface area contributed by atoms with Crippen molar-refractivity contribution < 1.29 is 29.0 Å². The molecule has 7 nitrogen and oxygen atoms in total. The smallest absolute Gasteiger partial charge is 0.328 e. The Balaban J connectivity index is 0.000000828. The Bertz CT molecular complexity index is 663. The summed E-state index contributed by atoms with van der Waals surface area (Å²) in [7, 11) is -0.269. The zero-order valence-corrected chi connectivity index (χ0v) is 19.4. The lowest BCUT2D eigenvalue weighted by molar-refractivity contribution is -0.134. The van der Waals surface area contributed by atoms with Gasteiger partial charge >= 0.3 is 11.9 Å². The molecule has 0 aliphatic heterocycles. The Morgan fingerprint density at radius 3 is 1.72 bits per heavy atom. The van der Waals surface area contributed by atoms with Crippen LogP contribution < -0.4 is 14.9 Å². The number of rotatable bonds is 9. The van der Waals surface area contributed by atoms with E-state index in [1.807, 2.05) is 18.2 Å². The molecule has 8 heteroatoms. The molecule has 0 aliphatic rings. The molecule has 1 rings (SSSR count). The fourth-order valence-electron chi connectivity index (χ4n) is 3.61. The van der Waals surface area contributed by atoms with Crippen molar-refractivity contribution in [2.75, 3.05) is 7.11 Å². The molecule has 164 valence electrons. The Morgan fingerprint density at radius 1 is 0.966 bits per heavy atom. The van der Waals surface area contributed by atoms with Gasteiger partial charge in [-0.2, -0.15) is 0 Å². The third-order valence-corrected chi connectivity index (χ3v) is 10.8. The van der Waals surface area contributed by atoms with Gasteiger partial charge < -0.3 is 25.1 Å². The number of benzene rings is 1. The maximum absolute atomic E-state index is 9.55. The molecule has 4 N–H and O–H groups in total. The van der Waals surface area contributed by atoms with Gasteiger partial charge in [-0.3, -0.25) is 0 Å². The Labute approximate surface area is 174 Å². The molecule has 0 saturated carbocycles. The van der Waals surface area contributed by atoms with Gasteiger partial charge in [0.25, 0.3) is 8.32 Å². The third-order valence-electron chi connectivity index (χ3n) is 4.83. The van der Waals surface area contributed by atoms with Gasteiger partial charge in [0, 0.05) is 18.7 Å². The first kappa shape index (κ1) is 26.7. The first-order valence-electron chi connectivity index (χ1n) is 9.62. The van der Waals surface area contributed by atoms with E-state index in [0.29, 0.717) is 35.3 Å². The molecule has 0 bridgehead atoms. The van der Waals surface area contributed by atoms with Crippen LogP contribution in [0.15, 0.2) is 30.4 Å². The van der Waals surface area contributed by atoms with Crippen LogP contribution in [0, 0.1) is 0 Å². The van der Waals surface area contributed by atoms with Crippen molar-refractivity contribution >= 4 is 20.3 Å². The molecule has 0 unspecified atom stereocenters. The minimum atomic E-state index is -1.95. The van der Waals surface area contributed by atoms with E-state index in [2.05, 4.69) is 41.5 Å². The van der Waals surface area contributed by atoms with Crippen molar-refractivity contribution in [2.45, 2.75) is 64.7 Å². The van der Waals surface area contributed by atoms with Gasteiger partial charge in [0.05, 0.1) is 7.11 Å². The summed E-state index contributed by atoms with van der Waals surface area (Å²) in [6.07, 6.45) is 1.12. The summed E-state index contributed by atoms with van der Waals surface area (Å²) in [5.41, 5.74) is 8.38. The second kappa shape index (κ2) is 12.3. The second-order valence-corrected chi connectivity index (χ2v) is 13.0. The number of hydrogen-bond donors (Lipinski definition) is 3. The maximum atomic E-state index is 9.55. The van der Waals surface area contributed by atoms with Crippen LogP contribution in [0.25, 0.3) is 0 Å². The monoisotopic (exact) mass is 425 g/mol. The number of carboxylic acids is 2. The van der Waals surface area contributed by atoms with Crippen molar-refractivity contribution in [2.24, 2.45) is 5.73 Å². The van der Waals surface area contributed by atoms with Crippen LogP contribution in [0.5, 0.6) is 11.5 Å². The second-order valence-electron chi connectivity index (χ2n) is 7.62. The number of nitrogens with two attached hydrogens (primary N) is 1. The quantitative estimate of drug-likeness (QED) is 0.396. The first-order valence-corrected chi connectivity index (χ1v) is 11.8. The van der Waals surface area contributed by atoms with Crippen molar-refractivity contribution in [3.8, 4) is 11.5 Å². The van der Waals surface area contributed by atoms with Gasteiger partial charge in [0.15, 0.2) is 5.75 Å². The molecule has 0 spiro atoms. The molecule has 0 fully saturated rings. The van der Waals surface area contributed by atoms with E-state index in [4.69, 9.17) is 25.1 Å². The fraction of sp³-hybridized carbons (Fsp3) is 0.524. The highest BCUT2D eigenvalue weighted by Gasteiger charge is 2.47. The lowest BCUT2D eigenvalue weighted by atomic mass is 10.2. The average molecular weight is 426 g/mol. The number of methoxy groups -OCH3 is 1. The highest BCUT2D eigenvalue weighted by atomic mass is 28.4. The number of ether oxygens (including phenoxy) is 1. The average Bonchev–Trinajstić information content (AvgIpc) is 2.63. The predicted octanol–water partition coefficient (Wildman–Crippen LogP) is 4.42. The van der Waals surface area contributed by atoms with Crippen LogP contribution in [0.3, 0.4) is 0 Å². The molecular formula is C21H35NO6Si. The predicted molar refractivity (Wildman–Crippen MR) is 117 cm³/mol. The molecule has 0 saturated heterocycles. The van der Waals surface area contributed by atoms with E-state index in [1.165, 1.54) is 0 Å². The molecule has 0 aliphatic carbocycles. The summed E-state index contributed by atoms with van der Waals surface area (Å²) in [6.45, 7) is 14.2. The van der Waals surface area contributed by atoms with Crippen molar-refractivity contribution in [1.29, 1.82) is 0 Å². The Kier molecular flexibility index (Phi) is 11.3. The van der Waals surface area contributed by atoms with Crippen LogP contribution >= 0.6 is 0 Å². The molecule has 0 heterocycles. The zero-order chi connectivity index (χ0) is 22.8. The summed E-state index contributed by atoms with van der Waals surface area (Å²) < 4.78 is 12.2. The summed E-state index contributed by atoms with van der Waals surface area (Å²) in [5.74, 6) is -0.867. The number of aliphatic carboxylic acids is 2. The van der Waals surface area contributed by atoms with E-state index in [0.717, 1.165) is 17.1 Å². The minimum absolute atomic E-state index is 0.512. The fourth-order valence-corrected chi connectivity index (χ4v) is 8.87. The molecule has 0 aromatic heterocycles. The van der Waals surface area contributed by atoms with E-state index in [9.17, 15) is 9.59 Å². The molecule has 0 amide bonds. The number of hydrogen-bond acceptors (Lipinski definition) is 5. The Hall–Kier alpha value is -2.32. The van der Waals surface area contributed by atoms with Crippen molar-refractivity contribution in [1.82, 2.24) is 0 Å². The maximum Gasteiger partial charge on any atom is 0.328 e. The van der Waals surface area contributed by atoms with Crippen LogP contribution in [0.2, 0.25) is 16.6 Å². The number of carboxylic acid groups (broad SMARTS) is 2. The van der Waals surface area contributed by atoms with Crippen molar-refractivity contribution in [3.63, 3.8) is 0 Å². The lowest BCUT2D eigenvalue weighted by Gasteiger charge is -2.42. The van der Waals surface area contributed by atoms with Gasteiger partial charge in [0.2, 0.25) is 0 Å². The normalized spacial score (nSPS) is 11.6. The molecule has 29 heavy (non-hydrogen) atoms. The van der Waals surface area contributed by atoms with Crippen molar-refractivity contribution in [3.05, 3.63) is 35.9 Å². The van der Waals surface area contributed by atoms with Crippen LogP contribution in [0.4, 0.5) is 0 Å². The topological polar surface area (TPSA) is 119 Å². The molecule has 0 atom stereocenters. The summed E-state index contributed by atoms with van der Waals surface area (Å²) in [5, 5.41) is 15.6. The molecular weight excluding hydrogens is 390 g/mol. The van der Waals surface area contributed by atoms with E-state index < -0.39 is 20.3 Å².